The van der Waals surface area contributed by atoms with Crippen LogP contribution in [0.25, 0.3) is 0 Å². The summed E-state index contributed by atoms with van der Waals surface area (Å²) in [6.45, 7) is 0. The van der Waals surface area contributed by atoms with E-state index >= 15 is 0 Å². The van der Waals surface area contributed by atoms with Gasteiger partial charge in [0.15, 0.2) is 0 Å². The number of aliphatic hydroxyl groups is 1. The lowest BCUT2D eigenvalue weighted by atomic mass is 10.2. The Morgan fingerprint density at radius 1 is 1.31 bits per heavy atom. The average molecular weight is 194 g/mol. The Balaban J connectivity index is 2.30. The third kappa shape index (κ3) is 1.50. The van der Waals surface area contributed by atoms with Crippen LogP contribution in [0.1, 0.15) is 5.56 Å². The molecule has 0 fully saturated rings. The van der Waals surface area contributed by atoms with Gasteiger partial charge in [-0.1, -0.05) is 23.9 Å². The first-order chi connectivity index (χ1) is 6.21. The molecule has 1 heterocycles. The lowest BCUT2D eigenvalue weighted by Gasteiger charge is -2.22. The van der Waals surface area contributed by atoms with E-state index in [1.54, 1.807) is 18.3 Å². The summed E-state index contributed by atoms with van der Waals surface area (Å²) in [6, 6.07) is 7.16. The first kappa shape index (κ1) is 8.47. The number of nitrogen functional groups attached to an aromatic ring is 1. The summed E-state index contributed by atoms with van der Waals surface area (Å²) in [4.78, 5) is 0. The van der Waals surface area contributed by atoms with Gasteiger partial charge in [-0.15, -0.1) is 0 Å². The fourth-order valence-electron chi connectivity index (χ4n) is 1.17. The van der Waals surface area contributed by atoms with E-state index in [0.29, 0.717) is 5.69 Å². The first-order valence-electron chi connectivity index (χ1n) is 3.90. The van der Waals surface area contributed by atoms with E-state index in [1.165, 1.54) is 11.8 Å². The maximum Gasteiger partial charge on any atom is 0.215 e. The summed E-state index contributed by atoms with van der Waals surface area (Å²) < 4.78 is 0. The van der Waals surface area contributed by atoms with Gasteiger partial charge in [0.1, 0.15) is 0 Å². The van der Waals surface area contributed by atoms with Crippen LogP contribution in [0.4, 0.5) is 5.69 Å². The fraction of sp³-hybridized carbons (Fsp3) is 0.111. The summed E-state index contributed by atoms with van der Waals surface area (Å²) >= 11 is 1.33. The lowest BCUT2D eigenvalue weighted by molar-refractivity contribution is 0.119. The average Bonchev–Trinajstić information content (AvgIpc) is 2.54. The van der Waals surface area contributed by atoms with Crippen molar-refractivity contribution in [2.45, 2.75) is 5.06 Å². The summed E-state index contributed by atoms with van der Waals surface area (Å²) in [5.74, 6) is 0. The van der Waals surface area contributed by atoms with Crippen LogP contribution in [0.3, 0.4) is 0 Å². The molecule has 0 amide bonds. The molecule has 0 aromatic heterocycles. The van der Waals surface area contributed by atoms with E-state index in [9.17, 15) is 5.11 Å². The minimum atomic E-state index is -1.02. The molecule has 1 aliphatic heterocycles. The zero-order chi connectivity index (χ0) is 9.31. The highest BCUT2D eigenvalue weighted by Gasteiger charge is 2.30. The van der Waals surface area contributed by atoms with Crippen molar-refractivity contribution >= 4 is 17.4 Å². The smallest absolute Gasteiger partial charge is 0.215 e. The molecule has 1 aromatic rings. The highest BCUT2D eigenvalue weighted by atomic mass is 32.2. The molecule has 0 radical (unpaired) electrons. The molecular weight excluding hydrogens is 184 g/mol. The molecule has 0 spiro atoms. The first-order valence-corrected chi connectivity index (χ1v) is 4.78. The Kier molecular flexibility index (Phi) is 1.94. The van der Waals surface area contributed by atoms with Crippen molar-refractivity contribution in [1.82, 2.24) is 5.32 Å². The van der Waals surface area contributed by atoms with E-state index in [2.05, 4.69) is 5.32 Å². The van der Waals surface area contributed by atoms with Crippen LogP contribution >= 0.6 is 11.8 Å². The van der Waals surface area contributed by atoms with Crippen molar-refractivity contribution < 1.29 is 5.11 Å². The highest BCUT2D eigenvalue weighted by Crippen LogP contribution is 2.35. The third-order valence-corrected chi connectivity index (χ3v) is 2.85. The molecule has 2 rings (SSSR count). The molecule has 1 aromatic carbocycles. The number of thioether (sulfide) groups is 1. The van der Waals surface area contributed by atoms with E-state index in [-0.39, 0.29) is 0 Å². The van der Waals surface area contributed by atoms with Gasteiger partial charge in [0.05, 0.1) is 0 Å². The standard InChI is InChI=1S/C9H10N2OS/c10-8-3-1-7(2-4-8)9(12)11-5-6-13-9/h1-6,11-12H,10H2. The number of hydrogen-bond donors (Lipinski definition) is 3. The van der Waals surface area contributed by atoms with Crippen LogP contribution in [0.15, 0.2) is 35.9 Å². The predicted molar refractivity (Wildman–Crippen MR) is 54.6 cm³/mol. The van der Waals surface area contributed by atoms with E-state index in [0.717, 1.165) is 5.56 Å². The second-order valence-corrected chi connectivity index (χ2v) is 3.93. The minimum absolute atomic E-state index is 0.698. The van der Waals surface area contributed by atoms with E-state index < -0.39 is 5.06 Å². The Morgan fingerprint density at radius 2 is 2.00 bits per heavy atom. The van der Waals surface area contributed by atoms with Crippen molar-refractivity contribution in [2.75, 3.05) is 5.73 Å². The molecule has 1 aliphatic rings. The van der Waals surface area contributed by atoms with E-state index in [1.807, 2.05) is 17.5 Å². The van der Waals surface area contributed by atoms with Gasteiger partial charge >= 0.3 is 0 Å². The normalized spacial score (nSPS) is 25.9. The van der Waals surface area contributed by atoms with Gasteiger partial charge in [0.2, 0.25) is 5.06 Å². The molecular formula is C9H10N2OS. The maximum atomic E-state index is 10.0. The van der Waals surface area contributed by atoms with Crippen molar-refractivity contribution in [3.63, 3.8) is 0 Å². The Morgan fingerprint density at radius 3 is 2.54 bits per heavy atom. The predicted octanol–water partition coefficient (Wildman–Crippen LogP) is 1.18. The monoisotopic (exact) mass is 194 g/mol. The van der Waals surface area contributed by atoms with Crippen LogP contribution < -0.4 is 11.1 Å². The molecule has 1 unspecified atom stereocenters. The van der Waals surface area contributed by atoms with Crippen molar-refractivity contribution in [1.29, 1.82) is 0 Å². The van der Waals surface area contributed by atoms with Crippen LogP contribution in [-0.2, 0) is 5.06 Å². The van der Waals surface area contributed by atoms with Gasteiger partial charge in [-0.2, -0.15) is 0 Å². The van der Waals surface area contributed by atoms with Crippen LogP contribution in [-0.4, -0.2) is 5.11 Å². The SMILES string of the molecule is Nc1ccc(C2(O)NC=CS2)cc1. The molecule has 13 heavy (non-hydrogen) atoms. The largest absolute Gasteiger partial charge is 0.399 e. The van der Waals surface area contributed by atoms with Crippen molar-refractivity contribution in [2.24, 2.45) is 0 Å². The summed E-state index contributed by atoms with van der Waals surface area (Å²) in [7, 11) is 0. The molecule has 0 bridgehead atoms. The van der Waals surface area contributed by atoms with Crippen LogP contribution in [0.5, 0.6) is 0 Å². The zero-order valence-electron chi connectivity index (χ0n) is 6.90. The Labute approximate surface area is 80.6 Å². The fourth-order valence-corrected chi connectivity index (χ4v) is 1.92. The molecule has 0 saturated carbocycles. The van der Waals surface area contributed by atoms with Gasteiger partial charge in [-0.3, -0.25) is 0 Å². The van der Waals surface area contributed by atoms with Gasteiger partial charge < -0.3 is 16.2 Å². The Hall–Kier alpha value is -1.13. The molecule has 68 valence electrons. The quantitative estimate of drug-likeness (QED) is 0.587. The van der Waals surface area contributed by atoms with Gasteiger partial charge in [0.25, 0.3) is 0 Å². The second kappa shape index (κ2) is 2.97. The summed E-state index contributed by atoms with van der Waals surface area (Å²) in [5, 5.41) is 13.7. The molecule has 0 aliphatic carbocycles. The van der Waals surface area contributed by atoms with Crippen LogP contribution in [0.2, 0.25) is 0 Å². The number of anilines is 1. The highest BCUT2D eigenvalue weighted by molar-refractivity contribution is 8.03. The van der Waals surface area contributed by atoms with E-state index in [4.69, 9.17) is 5.73 Å². The van der Waals surface area contributed by atoms with Gasteiger partial charge in [-0.25, -0.2) is 0 Å². The molecule has 1 atom stereocenters. The van der Waals surface area contributed by atoms with Gasteiger partial charge in [-0.05, 0) is 17.5 Å². The number of nitrogens with two attached hydrogens (primary N) is 1. The number of benzene rings is 1. The van der Waals surface area contributed by atoms with Crippen molar-refractivity contribution in [3.05, 3.63) is 41.4 Å². The number of hydrogen-bond acceptors (Lipinski definition) is 4. The van der Waals surface area contributed by atoms with Crippen LogP contribution in [0, 0.1) is 0 Å². The number of rotatable bonds is 1. The maximum absolute atomic E-state index is 10.0. The van der Waals surface area contributed by atoms with Gasteiger partial charge in [0, 0.05) is 17.5 Å². The molecule has 4 heteroatoms. The molecule has 0 saturated heterocycles. The topological polar surface area (TPSA) is 58.3 Å². The second-order valence-electron chi connectivity index (χ2n) is 2.83. The molecule has 4 N–H and O–H groups in total. The summed E-state index contributed by atoms with van der Waals surface area (Å²) in [5.41, 5.74) is 7.04. The molecule has 3 nitrogen and oxygen atoms in total. The summed E-state index contributed by atoms with van der Waals surface area (Å²) in [6.07, 6.45) is 1.72. The minimum Gasteiger partial charge on any atom is -0.399 e. The number of nitrogens with one attached hydrogen (secondary N) is 1. The third-order valence-electron chi connectivity index (χ3n) is 1.89. The lowest BCUT2D eigenvalue weighted by Crippen LogP contribution is -2.31. The Bertz CT molecular complexity index is 326. The zero-order valence-corrected chi connectivity index (χ0v) is 7.71. The van der Waals surface area contributed by atoms with Crippen molar-refractivity contribution in [3.8, 4) is 0 Å².